The second kappa shape index (κ2) is 15.9. The molecule has 0 spiro atoms. The van der Waals surface area contributed by atoms with Crippen LogP contribution in [0.3, 0.4) is 0 Å². The Hall–Kier alpha value is -1.52. The van der Waals surface area contributed by atoms with Crippen molar-refractivity contribution in [3.63, 3.8) is 0 Å². The summed E-state index contributed by atoms with van der Waals surface area (Å²) in [6.45, 7) is 5.44. The first-order chi connectivity index (χ1) is 18.1. The first kappa shape index (κ1) is 32.7. The second-order valence-corrected chi connectivity index (χ2v) is 10.00. The molecular weight excluding hydrogens is 528 g/mol. The van der Waals surface area contributed by atoms with Gasteiger partial charge in [-0.05, 0) is 5.75 Å². The van der Waals surface area contributed by atoms with Crippen molar-refractivity contribution in [2.24, 2.45) is 0 Å². The molecule has 0 radical (unpaired) electrons. The molecule has 2 fully saturated rings. The third kappa shape index (κ3) is 8.49. The van der Waals surface area contributed by atoms with E-state index in [1.807, 2.05) is 6.92 Å². The van der Waals surface area contributed by atoms with Crippen LogP contribution in [0.25, 0.3) is 0 Å². The van der Waals surface area contributed by atoms with Gasteiger partial charge in [0, 0.05) is 49.2 Å². The highest BCUT2D eigenvalue weighted by Crippen LogP contribution is 2.36. The molecule has 2 aliphatic heterocycles. The Bertz CT molecular complexity index is 768. The van der Waals surface area contributed by atoms with E-state index in [2.05, 4.69) is 0 Å². The van der Waals surface area contributed by atoms with Crippen LogP contribution in [0.15, 0.2) is 0 Å². The van der Waals surface area contributed by atoms with Gasteiger partial charge in [-0.15, -0.1) is 11.8 Å². The van der Waals surface area contributed by atoms with Crippen LogP contribution in [-0.4, -0.2) is 126 Å². The van der Waals surface area contributed by atoms with Crippen LogP contribution < -0.4 is 0 Å². The fraction of sp³-hybridized carbons (Fsp3) is 0.875. The van der Waals surface area contributed by atoms with Gasteiger partial charge in [-0.3, -0.25) is 14.4 Å². The molecule has 0 bridgehead atoms. The smallest absolute Gasteiger partial charge is 0.303 e. The number of carbonyl (C=O) groups excluding carboxylic acids is 3. The maximum absolute atomic E-state index is 11.9. The van der Waals surface area contributed by atoms with E-state index < -0.39 is 78.5 Å². The van der Waals surface area contributed by atoms with Crippen molar-refractivity contribution in [2.45, 2.75) is 88.3 Å². The molecule has 38 heavy (non-hydrogen) atoms. The molecule has 0 aromatic heterocycles. The zero-order valence-corrected chi connectivity index (χ0v) is 23.9. The average molecular weight is 569 g/mol. The molecule has 0 amide bonds. The number of methoxy groups -OCH3 is 4. The lowest BCUT2D eigenvalue weighted by Crippen LogP contribution is -2.66. The highest BCUT2D eigenvalue weighted by molar-refractivity contribution is 7.99. The standard InChI is InChI=1S/C24H40O13S/c1-9-38-24-22(31-8)20(29-6)18(16(36-24)11-33-13(3)26)37-23-21(30-7)19(28-5)17(34-14(4)27)15(35-23)10-32-12(2)25/h15-24H,9-11H2,1-8H3/t15-,16-,17-,18-,19+,20+,21-,22-,23-,24+/m1/s1. The maximum atomic E-state index is 11.9. The molecule has 0 aliphatic carbocycles. The van der Waals surface area contributed by atoms with Crippen LogP contribution in [0, 0.1) is 0 Å². The molecular formula is C24H40O13S. The van der Waals surface area contributed by atoms with Crippen molar-refractivity contribution in [3.05, 3.63) is 0 Å². The number of carbonyl (C=O) groups is 3. The average Bonchev–Trinajstić information content (AvgIpc) is 2.86. The van der Waals surface area contributed by atoms with Crippen molar-refractivity contribution >= 4 is 29.7 Å². The monoisotopic (exact) mass is 568 g/mol. The first-order valence-electron chi connectivity index (χ1n) is 12.2. The Morgan fingerprint density at radius 2 is 1.16 bits per heavy atom. The Morgan fingerprint density at radius 1 is 0.658 bits per heavy atom. The lowest BCUT2D eigenvalue weighted by Gasteiger charge is -2.49. The minimum absolute atomic E-state index is 0.109. The van der Waals surface area contributed by atoms with Crippen LogP contribution in [0.4, 0.5) is 0 Å². The van der Waals surface area contributed by atoms with Crippen LogP contribution in [0.5, 0.6) is 0 Å². The van der Waals surface area contributed by atoms with Crippen LogP contribution in [0.1, 0.15) is 27.7 Å². The Labute approximate surface area is 227 Å². The summed E-state index contributed by atoms with van der Waals surface area (Å²) in [6.07, 6.45) is -7.53. The van der Waals surface area contributed by atoms with Gasteiger partial charge in [-0.2, -0.15) is 0 Å². The minimum atomic E-state index is -1.11. The first-order valence-corrected chi connectivity index (χ1v) is 13.3. The molecule has 220 valence electrons. The summed E-state index contributed by atoms with van der Waals surface area (Å²) in [7, 11) is 5.92. The third-order valence-corrected chi connectivity index (χ3v) is 7.14. The van der Waals surface area contributed by atoms with Gasteiger partial charge in [0.1, 0.15) is 61.4 Å². The summed E-state index contributed by atoms with van der Waals surface area (Å²) in [5.41, 5.74) is -0.419. The van der Waals surface area contributed by atoms with Crippen LogP contribution >= 0.6 is 11.8 Å². The quantitative estimate of drug-likeness (QED) is 0.227. The van der Waals surface area contributed by atoms with E-state index in [0.29, 0.717) is 0 Å². The number of esters is 3. The number of rotatable bonds is 13. The lowest BCUT2D eigenvalue weighted by molar-refractivity contribution is -0.346. The Kier molecular flexibility index (Phi) is 13.7. The summed E-state index contributed by atoms with van der Waals surface area (Å²) >= 11 is 1.52. The zero-order valence-electron chi connectivity index (χ0n) is 23.1. The van der Waals surface area contributed by atoms with Crippen molar-refractivity contribution in [1.29, 1.82) is 0 Å². The Balaban J connectivity index is 2.42. The molecule has 0 unspecified atom stereocenters. The molecule has 0 saturated carbocycles. The fourth-order valence-corrected chi connectivity index (χ4v) is 5.52. The molecule has 2 saturated heterocycles. The van der Waals surface area contributed by atoms with Crippen molar-refractivity contribution in [2.75, 3.05) is 47.4 Å². The third-order valence-electron chi connectivity index (χ3n) is 6.10. The molecule has 0 aromatic rings. The van der Waals surface area contributed by atoms with Gasteiger partial charge in [-0.25, -0.2) is 0 Å². The molecule has 2 rings (SSSR count). The van der Waals surface area contributed by atoms with E-state index in [4.69, 9.17) is 47.4 Å². The summed E-state index contributed by atoms with van der Waals surface area (Å²) in [5.74, 6) is -0.857. The highest BCUT2D eigenvalue weighted by Gasteiger charge is 2.54. The Morgan fingerprint density at radius 3 is 1.61 bits per heavy atom. The van der Waals surface area contributed by atoms with Crippen molar-refractivity contribution in [3.8, 4) is 0 Å². The van der Waals surface area contributed by atoms with Gasteiger partial charge in [-0.1, -0.05) is 6.92 Å². The van der Waals surface area contributed by atoms with E-state index in [9.17, 15) is 14.4 Å². The van der Waals surface area contributed by atoms with E-state index in [0.717, 1.165) is 5.75 Å². The molecule has 0 aromatic carbocycles. The topological polar surface area (TPSA) is 144 Å². The van der Waals surface area contributed by atoms with Crippen LogP contribution in [0.2, 0.25) is 0 Å². The predicted molar refractivity (Wildman–Crippen MR) is 132 cm³/mol. The maximum Gasteiger partial charge on any atom is 0.303 e. The van der Waals surface area contributed by atoms with E-state index in [-0.39, 0.29) is 13.2 Å². The molecule has 0 N–H and O–H groups in total. The molecule has 13 nitrogen and oxygen atoms in total. The number of ether oxygens (including phenoxy) is 10. The fourth-order valence-electron chi connectivity index (χ4n) is 4.52. The van der Waals surface area contributed by atoms with E-state index >= 15 is 0 Å². The van der Waals surface area contributed by atoms with Crippen molar-refractivity contribution in [1.82, 2.24) is 0 Å². The molecule has 14 heteroatoms. The minimum Gasteiger partial charge on any atom is -0.463 e. The molecule has 2 aliphatic rings. The SMILES string of the molecule is CCS[C@@H]1O[C@H](COC(C)=O)[C@@H](O[C@H]2O[C@H](COC(C)=O)[C@@H](OC(C)=O)[C@H](OC)[C@H]2OC)[C@H](OC)[C@H]1OC. The number of hydrogen-bond donors (Lipinski definition) is 0. The van der Waals surface area contributed by atoms with Gasteiger partial charge in [0.2, 0.25) is 0 Å². The number of hydrogen-bond acceptors (Lipinski definition) is 14. The van der Waals surface area contributed by atoms with Gasteiger partial charge < -0.3 is 47.4 Å². The lowest BCUT2D eigenvalue weighted by atomic mass is 9.96. The summed E-state index contributed by atoms with van der Waals surface area (Å²) in [4.78, 5) is 35.0. The van der Waals surface area contributed by atoms with Crippen molar-refractivity contribution < 1.29 is 61.8 Å². The molecule has 2 heterocycles. The zero-order chi connectivity index (χ0) is 28.4. The van der Waals surface area contributed by atoms with E-state index in [1.54, 1.807) is 7.11 Å². The van der Waals surface area contributed by atoms with Gasteiger partial charge in [0.15, 0.2) is 12.4 Å². The van der Waals surface area contributed by atoms with Crippen LogP contribution in [-0.2, 0) is 61.8 Å². The van der Waals surface area contributed by atoms with E-state index in [1.165, 1.54) is 53.9 Å². The molecule has 10 atom stereocenters. The second-order valence-electron chi connectivity index (χ2n) is 8.62. The summed E-state index contributed by atoms with van der Waals surface area (Å²) in [6, 6.07) is 0. The van der Waals surface area contributed by atoms with Gasteiger partial charge >= 0.3 is 17.9 Å². The highest BCUT2D eigenvalue weighted by atomic mass is 32.2. The normalized spacial score (nSPS) is 35.4. The van der Waals surface area contributed by atoms with Gasteiger partial charge in [0.05, 0.1) is 0 Å². The van der Waals surface area contributed by atoms with Gasteiger partial charge in [0.25, 0.3) is 0 Å². The number of thioether (sulfide) groups is 1. The largest absolute Gasteiger partial charge is 0.463 e. The summed E-state index contributed by atoms with van der Waals surface area (Å²) in [5, 5.41) is 0. The predicted octanol–water partition coefficient (Wildman–Crippen LogP) is 0.692. The summed E-state index contributed by atoms with van der Waals surface area (Å²) < 4.78 is 57.6.